The molecule has 0 spiro atoms. The van der Waals surface area contributed by atoms with Crippen molar-refractivity contribution in [2.75, 3.05) is 33.9 Å². The molecule has 0 radical (unpaired) electrons. The van der Waals surface area contributed by atoms with Crippen LogP contribution in [0.3, 0.4) is 0 Å². The van der Waals surface area contributed by atoms with E-state index in [1.54, 1.807) is 7.11 Å². The smallest absolute Gasteiger partial charge is 0.109 e. The van der Waals surface area contributed by atoms with Crippen LogP contribution >= 0.6 is 0 Å². The molecule has 21 heavy (non-hydrogen) atoms. The van der Waals surface area contributed by atoms with Crippen molar-refractivity contribution in [3.63, 3.8) is 0 Å². The van der Waals surface area contributed by atoms with Gasteiger partial charge in [-0.25, -0.2) is 0 Å². The summed E-state index contributed by atoms with van der Waals surface area (Å²) in [5.41, 5.74) is -0.282. The Morgan fingerprint density at radius 3 is 2.71 bits per heavy atom. The van der Waals surface area contributed by atoms with Crippen molar-refractivity contribution >= 4 is 0 Å². The minimum Gasteiger partial charge on any atom is -0.383 e. The van der Waals surface area contributed by atoms with E-state index in [0.717, 1.165) is 38.5 Å². The molecule has 2 aliphatic rings. The Bertz CT molecular complexity index is 364. The van der Waals surface area contributed by atoms with Crippen molar-refractivity contribution in [2.24, 2.45) is 11.8 Å². The Kier molecular flexibility index (Phi) is 6.04. The van der Waals surface area contributed by atoms with Gasteiger partial charge in [-0.3, -0.25) is 4.90 Å². The summed E-state index contributed by atoms with van der Waals surface area (Å²) in [5, 5.41) is 12.9. The Labute approximate surface area is 129 Å². The second-order valence-corrected chi connectivity index (χ2v) is 6.82. The van der Waals surface area contributed by atoms with Gasteiger partial charge in [-0.2, -0.15) is 5.26 Å². The van der Waals surface area contributed by atoms with Gasteiger partial charge < -0.3 is 10.1 Å². The van der Waals surface area contributed by atoms with E-state index in [1.165, 1.54) is 25.7 Å². The van der Waals surface area contributed by atoms with Crippen LogP contribution in [0.2, 0.25) is 0 Å². The highest BCUT2D eigenvalue weighted by Gasteiger charge is 2.42. The number of nitriles is 1. The second kappa shape index (κ2) is 7.58. The zero-order valence-electron chi connectivity index (χ0n) is 13.9. The molecular formula is C17H31N3O. The highest BCUT2D eigenvalue weighted by atomic mass is 16.5. The van der Waals surface area contributed by atoms with E-state index in [0.29, 0.717) is 12.0 Å². The van der Waals surface area contributed by atoms with Gasteiger partial charge in [-0.05, 0) is 64.5 Å². The van der Waals surface area contributed by atoms with Crippen LogP contribution in [0, 0.1) is 23.2 Å². The normalized spacial score (nSPS) is 30.5. The van der Waals surface area contributed by atoms with Gasteiger partial charge in [0, 0.05) is 19.7 Å². The zero-order chi connectivity index (χ0) is 15.3. The van der Waals surface area contributed by atoms with Crippen molar-refractivity contribution in [1.29, 1.82) is 5.26 Å². The standard InChI is InChI=1S/C17H31N3O/c1-14(15-6-7-15)20(11-12-21-3)10-8-16-5-4-9-17(16,13-18)19-2/h14-16,19H,4-12H2,1-3H3. The van der Waals surface area contributed by atoms with Crippen molar-refractivity contribution in [1.82, 2.24) is 10.2 Å². The van der Waals surface area contributed by atoms with Crippen molar-refractivity contribution in [3.05, 3.63) is 0 Å². The first-order chi connectivity index (χ1) is 10.2. The summed E-state index contributed by atoms with van der Waals surface area (Å²) >= 11 is 0. The van der Waals surface area contributed by atoms with Crippen LogP contribution in [0.1, 0.15) is 45.4 Å². The lowest BCUT2D eigenvalue weighted by atomic mass is 9.86. The summed E-state index contributed by atoms with van der Waals surface area (Å²) < 4.78 is 5.27. The molecule has 0 aromatic heterocycles. The average molecular weight is 293 g/mol. The molecule has 2 saturated carbocycles. The number of ether oxygens (including phenoxy) is 1. The van der Waals surface area contributed by atoms with E-state index in [4.69, 9.17) is 4.74 Å². The molecule has 0 amide bonds. The number of rotatable bonds is 9. The number of nitrogens with one attached hydrogen (secondary N) is 1. The number of methoxy groups -OCH3 is 1. The topological polar surface area (TPSA) is 48.3 Å². The summed E-state index contributed by atoms with van der Waals surface area (Å²) in [6, 6.07) is 3.21. The van der Waals surface area contributed by atoms with Crippen LogP contribution in [-0.2, 0) is 4.74 Å². The first-order valence-electron chi connectivity index (χ1n) is 8.50. The summed E-state index contributed by atoms with van der Waals surface area (Å²) in [7, 11) is 3.72. The molecular weight excluding hydrogens is 262 g/mol. The fourth-order valence-electron chi connectivity index (χ4n) is 3.93. The molecule has 120 valence electrons. The van der Waals surface area contributed by atoms with Crippen molar-refractivity contribution in [3.8, 4) is 6.07 Å². The summed E-state index contributed by atoms with van der Waals surface area (Å²) in [4.78, 5) is 2.58. The van der Waals surface area contributed by atoms with Crippen molar-refractivity contribution in [2.45, 2.75) is 57.0 Å². The molecule has 1 N–H and O–H groups in total. The van der Waals surface area contributed by atoms with Gasteiger partial charge in [0.05, 0.1) is 12.7 Å². The molecule has 2 fully saturated rings. The lowest BCUT2D eigenvalue weighted by Crippen LogP contribution is -2.46. The van der Waals surface area contributed by atoms with E-state index in [9.17, 15) is 5.26 Å². The summed E-state index contributed by atoms with van der Waals surface area (Å²) in [5.74, 6) is 1.37. The highest BCUT2D eigenvalue weighted by Crippen LogP contribution is 2.39. The van der Waals surface area contributed by atoms with Crippen molar-refractivity contribution < 1.29 is 4.74 Å². The molecule has 3 unspecified atom stereocenters. The minimum atomic E-state index is -0.282. The predicted molar refractivity (Wildman–Crippen MR) is 85.0 cm³/mol. The molecule has 4 nitrogen and oxygen atoms in total. The number of hydrogen-bond donors (Lipinski definition) is 1. The van der Waals surface area contributed by atoms with Crippen LogP contribution < -0.4 is 5.32 Å². The Morgan fingerprint density at radius 1 is 1.38 bits per heavy atom. The fourth-order valence-corrected chi connectivity index (χ4v) is 3.93. The Hall–Kier alpha value is -0.630. The van der Waals surface area contributed by atoms with E-state index in [2.05, 4.69) is 23.2 Å². The second-order valence-electron chi connectivity index (χ2n) is 6.82. The number of nitrogens with zero attached hydrogens (tertiary/aromatic N) is 2. The first-order valence-corrected chi connectivity index (χ1v) is 8.50. The molecule has 2 aliphatic carbocycles. The fraction of sp³-hybridized carbons (Fsp3) is 0.941. The first kappa shape index (κ1) is 16.7. The van der Waals surface area contributed by atoms with Gasteiger partial charge in [-0.15, -0.1) is 0 Å². The molecule has 2 rings (SSSR count). The quantitative estimate of drug-likeness (QED) is 0.709. The molecule has 0 aromatic rings. The Balaban J connectivity index is 1.89. The monoisotopic (exact) mass is 293 g/mol. The molecule has 0 saturated heterocycles. The van der Waals surface area contributed by atoms with Crippen LogP contribution in [0.15, 0.2) is 0 Å². The van der Waals surface area contributed by atoms with Gasteiger partial charge in [0.1, 0.15) is 5.54 Å². The molecule has 0 aromatic carbocycles. The van der Waals surface area contributed by atoms with E-state index in [-0.39, 0.29) is 5.54 Å². The lowest BCUT2D eigenvalue weighted by Gasteiger charge is -2.33. The van der Waals surface area contributed by atoms with Gasteiger partial charge in [0.25, 0.3) is 0 Å². The Morgan fingerprint density at radius 2 is 2.14 bits per heavy atom. The van der Waals surface area contributed by atoms with Crippen LogP contribution in [0.25, 0.3) is 0 Å². The van der Waals surface area contributed by atoms with Gasteiger partial charge in [0.2, 0.25) is 0 Å². The molecule has 0 bridgehead atoms. The highest BCUT2D eigenvalue weighted by molar-refractivity contribution is 5.13. The average Bonchev–Trinajstić information content (AvgIpc) is 3.28. The van der Waals surface area contributed by atoms with Gasteiger partial charge >= 0.3 is 0 Å². The maximum atomic E-state index is 9.55. The third-order valence-corrected chi connectivity index (χ3v) is 5.69. The molecule has 3 atom stereocenters. The molecule has 0 aliphatic heterocycles. The van der Waals surface area contributed by atoms with E-state index >= 15 is 0 Å². The van der Waals surface area contributed by atoms with Crippen LogP contribution in [0.5, 0.6) is 0 Å². The minimum absolute atomic E-state index is 0.282. The maximum absolute atomic E-state index is 9.55. The SMILES string of the molecule is CNC1(C#N)CCCC1CCN(CCOC)C(C)C1CC1. The third kappa shape index (κ3) is 3.97. The van der Waals surface area contributed by atoms with Crippen LogP contribution in [0.4, 0.5) is 0 Å². The largest absolute Gasteiger partial charge is 0.383 e. The zero-order valence-corrected chi connectivity index (χ0v) is 13.9. The molecule has 0 heterocycles. The maximum Gasteiger partial charge on any atom is 0.109 e. The number of hydrogen-bond acceptors (Lipinski definition) is 4. The third-order valence-electron chi connectivity index (χ3n) is 5.69. The van der Waals surface area contributed by atoms with E-state index in [1.807, 2.05) is 7.05 Å². The van der Waals surface area contributed by atoms with Crippen LogP contribution in [-0.4, -0.2) is 50.3 Å². The summed E-state index contributed by atoms with van der Waals surface area (Å²) in [6.45, 7) is 5.27. The lowest BCUT2D eigenvalue weighted by molar-refractivity contribution is 0.108. The predicted octanol–water partition coefficient (Wildman–Crippen LogP) is 2.41. The van der Waals surface area contributed by atoms with Gasteiger partial charge in [-0.1, -0.05) is 6.42 Å². The van der Waals surface area contributed by atoms with Gasteiger partial charge in [0.15, 0.2) is 0 Å². The molecule has 4 heteroatoms. The summed E-state index contributed by atoms with van der Waals surface area (Å²) in [6.07, 6.45) is 7.25. The van der Waals surface area contributed by atoms with E-state index < -0.39 is 0 Å².